The maximum atomic E-state index is 12.1. The van der Waals surface area contributed by atoms with Crippen LogP contribution in [0, 0.1) is 0 Å². The Hall–Kier alpha value is -1.88. The van der Waals surface area contributed by atoms with E-state index < -0.39 is 0 Å². The summed E-state index contributed by atoms with van der Waals surface area (Å²) < 4.78 is 5.09. The first kappa shape index (κ1) is 11.6. The van der Waals surface area contributed by atoms with Crippen molar-refractivity contribution in [3.05, 3.63) is 40.9 Å². The van der Waals surface area contributed by atoms with Gasteiger partial charge in [0.05, 0.1) is 18.2 Å². The predicted octanol–water partition coefficient (Wildman–Crippen LogP) is 2.42. The highest BCUT2D eigenvalue weighted by molar-refractivity contribution is 7.17. The van der Waals surface area contributed by atoms with E-state index in [-0.39, 0.29) is 5.78 Å². The van der Waals surface area contributed by atoms with Crippen molar-refractivity contribution in [1.29, 1.82) is 0 Å². The maximum absolute atomic E-state index is 12.1. The molecule has 2 rings (SSSR count). The van der Waals surface area contributed by atoms with E-state index in [2.05, 4.69) is 10.3 Å². The van der Waals surface area contributed by atoms with Crippen molar-refractivity contribution in [2.45, 2.75) is 0 Å². The van der Waals surface area contributed by atoms with Crippen molar-refractivity contribution < 1.29 is 9.53 Å². The monoisotopic (exact) mass is 248 g/mol. The quantitative estimate of drug-likeness (QED) is 0.844. The summed E-state index contributed by atoms with van der Waals surface area (Å²) in [5.41, 5.74) is 0.607. The Kier molecular flexibility index (Phi) is 3.39. The molecular weight excluding hydrogens is 236 g/mol. The summed E-state index contributed by atoms with van der Waals surface area (Å²) in [5.74, 6) is 0.636. The summed E-state index contributed by atoms with van der Waals surface area (Å²) in [6.45, 7) is 0. The lowest BCUT2D eigenvalue weighted by Gasteiger charge is -2.01. The number of hydrogen-bond donors (Lipinski definition) is 1. The van der Waals surface area contributed by atoms with Crippen LogP contribution in [0.15, 0.2) is 30.5 Å². The van der Waals surface area contributed by atoms with E-state index >= 15 is 0 Å². The third-order valence-corrected chi connectivity index (χ3v) is 3.29. The molecule has 0 saturated carbocycles. The molecule has 2 aromatic rings. The molecule has 1 aromatic heterocycles. The number of hydrogen-bond acceptors (Lipinski definition) is 5. The zero-order valence-corrected chi connectivity index (χ0v) is 10.4. The van der Waals surface area contributed by atoms with Crippen LogP contribution >= 0.6 is 11.3 Å². The zero-order valence-electron chi connectivity index (χ0n) is 9.56. The Balaban J connectivity index is 2.29. The van der Waals surface area contributed by atoms with Gasteiger partial charge in [-0.05, 0) is 12.1 Å². The van der Waals surface area contributed by atoms with Crippen LogP contribution in [0.1, 0.15) is 15.2 Å². The van der Waals surface area contributed by atoms with E-state index in [1.54, 1.807) is 38.6 Å². The van der Waals surface area contributed by atoms with Crippen LogP contribution in [0.3, 0.4) is 0 Å². The lowest BCUT2D eigenvalue weighted by Crippen LogP contribution is -1.98. The SMILES string of the molecule is CNc1ncc(C(=O)c2cccc(OC)c2)s1. The van der Waals surface area contributed by atoms with Gasteiger partial charge in [-0.25, -0.2) is 4.98 Å². The third-order valence-electron chi connectivity index (χ3n) is 2.28. The topological polar surface area (TPSA) is 51.2 Å². The van der Waals surface area contributed by atoms with Crippen molar-refractivity contribution in [2.75, 3.05) is 19.5 Å². The molecule has 0 bridgehead atoms. The molecule has 88 valence electrons. The lowest BCUT2D eigenvalue weighted by molar-refractivity contribution is 0.104. The number of nitrogens with one attached hydrogen (secondary N) is 1. The van der Waals surface area contributed by atoms with Crippen LogP contribution in [0.25, 0.3) is 0 Å². The second kappa shape index (κ2) is 4.97. The highest BCUT2D eigenvalue weighted by Crippen LogP contribution is 2.22. The Morgan fingerprint density at radius 2 is 2.29 bits per heavy atom. The first-order valence-electron chi connectivity index (χ1n) is 5.07. The summed E-state index contributed by atoms with van der Waals surface area (Å²) in [7, 11) is 3.36. The van der Waals surface area contributed by atoms with Gasteiger partial charge in [-0.15, -0.1) is 0 Å². The first-order chi connectivity index (χ1) is 8.24. The van der Waals surface area contributed by atoms with Gasteiger partial charge in [0.15, 0.2) is 5.13 Å². The number of anilines is 1. The van der Waals surface area contributed by atoms with E-state index in [9.17, 15) is 4.79 Å². The van der Waals surface area contributed by atoms with Gasteiger partial charge in [0.2, 0.25) is 5.78 Å². The lowest BCUT2D eigenvalue weighted by atomic mass is 10.1. The van der Waals surface area contributed by atoms with Gasteiger partial charge < -0.3 is 10.1 Å². The number of ether oxygens (including phenoxy) is 1. The van der Waals surface area contributed by atoms with Crippen LogP contribution in [0.5, 0.6) is 5.75 Å². The van der Waals surface area contributed by atoms with E-state index in [0.29, 0.717) is 16.2 Å². The van der Waals surface area contributed by atoms with Crippen LogP contribution in [0.2, 0.25) is 0 Å². The summed E-state index contributed by atoms with van der Waals surface area (Å²) >= 11 is 1.34. The molecule has 0 atom stereocenters. The average molecular weight is 248 g/mol. The molecule has 0 saturated heterocycles. The number of carbonyl (C=O) groups is 1. The van der Waals surface area contributed by atoms with Gasteiger partial charge in [0.25, 0.3) is 0 Å². The highest BCUT2D eigenvalue weighted by Gasteiger charge is 2.13. The fourth-order valence-corrected chi connectivity index (χ4v) is 2.13. The first-order valence-corrected chi connectivity index (χ1v) is 5.88. The van der Waals surface area contributed by atoms with Crippen molar-refractivity contribution in [1.82, 2.24) is 4.98 Å². The number of aromatic nitrogens is 1. The van der Waals surface area contributed by atoms with E-state index in [1.807, 2.05) is 6.07 Å². The van der Waals surface area contributed by atoms with Gasteiger partial charge in [0, 0.05) is 12.6 Å². The summed E-state index contributed by atoms with van der Waals surface area (Å²) in [6.07, 6.45) is 1.58. The van der Waals surface area contributed by atoms with Crippen molar-refractivity contribution >= 4 is 22.3 Å². The molecule has 4 nitrogen and oxygen atoms in total. The Labute approximate surface area is 103 Å². The molecule has 0 amide bonds. The number of ketones is 1. The highest BCUT2D eigenvalue weighted by atomic mass is 32.1. The number of thiazole rings is 1. The molecule has 5 heteroatoms. The van der Waals surface area contributed by atoms with Gasteiger partial charge in [0.1, 0.15) is 5.75 Å². The van der Waals surface area contributed by atoms with E-state index in [0.717, 1.165) is 5.13 Å². The van der Waals surface area contributed by atoms with Crippen molar-refractivity contribution in [2.24, 2.45) is 0 Å². The molecule has 0 aliphatic carbocycles. The molecule has 1 heterocycles. The minimum Gasteiger partial charge on any atom is -0.497 e. The van der Waals surface area contributed by atoms with Gasteiger partial charge in [-0.3, -0.25) is 4.79 Å². The molecule has 0 radical (unpaired) electrons. The van der Waals surface area contributed by atoms with Gasteiger partial charge in [-0.2, -0.15) is 0 Å². The average Bonchev–Trinajstić information content (AvgIpc) is 2.86. The minimum absolute atomic E-state index is 0.0390. The largest absolute Gasteiger partial charge is 0.497 e. The van der Waals surface area contributed by atoms with Crippen LogP contribution in [0.4, 0.5) is 5.13 Å². The Bertz CT molecular complexity index is 537. The number of benzene rings is 1. The van der Waals surface area contributed by atoms with Crippen LogP contribution < -0.4 is 10.1 Å². The molecule has 0 aliphatic rings. The molecule has 1 N–H and O–H groups in total. The van der Waals surface area contributed by atoms with E-state index in [1.165, 1.54) is 11.3 Å². The molecule has 0 spiro atoms. The van der Waals surface area contributed by atoms with Crippen molar-refractivity contribution in [3.8, 4) is 5.75 Å². The van der Waals surface area contributed by atoms with Crippen LogP contribution in [-0.2, 0) is 0 Å². The summed E-state index contributed by atoms with van der Waals surface area (Å²) in [6, 6.07) is 7.10. The molecule has 0 fully saturated rings. The molecule has 0 unspecified atom stereocenters. The number of carbonyl (C=O) groups excluding carboxylic acids is 1. The molecule has 0 aliphatic heterocycles. The second-order valence-electron chi connectivity index (χ2n) is 3.34. The van der Waals surface area contributed by atoms with Gasteiger partial charge >= 0.3 is 0 Å². The summed E-state index contributed by atoms with van der Waals surface area (Å²) in [4.78, 5) is 16.8. The number of rotatable bonds is 4. The van der Waals surface area contributed by atoms with Crippen LogP contribution in [-0.4, -0.2) is 24.9 Å². The fourth-order valence-electron chi connectivity index (χ4n) is 1.40. The summed E-state index contributed by atoms with van der Waals surface area (Å²) in [5, 5.41) is 3.64. The number of methoxy groups -OCH3 is 1. The van der Waals surface area contributed by atoms with Crippen molar-refractivity contribution in [3.63, 3.8) is 0 Å². The maximum Gasteiger partial charge on any atom is 0.204 e. The standard InChI is InChI=1S/C12H12N2O2S/c1-13-12-14-7-10(17-12)11(15)8-4-3-5-9(6-8)16-2/h3-7H,1-2H3,(H,13,14). The predicted molar refractivity (Wildman–Crippen MR) is 68.1 cm³/mol. The smallest absolute Gasteiger partial charge is 0.204 e. The van der Waals surface area contributed by atoms with E-state index in [4.69, 9.17) is 4.74 Å². The van der Waals surface area contributed by atoms with Gasteiger partial charge in [-0.1, -0.05) is 23.5 Å². The fraction of sp³-hybridized carbons (Fsp3) is 0.167. The third kappa shape index (κ3) is 2.45. The second-order valence-corrected chi connectivity index (χ2v) is 4.37. The zero-order chi connectivity index (χ0) is 12.3. The Morgan fingerprint density at radius 1 is 1.47 bits per heavy atom. The molecule has 17 heavy (non-hydrogen) atoms. The normalized spacial score (nSPS) is 10.0. The Morgan fingerprint density at radius 3 is 2.94 bits per heavy atom. The molecule has 1 aromatic carbocycles. The minimum atomic E-state index is -0.0390. The number of nitrogens with zero attached hydrogens (tertiary/aromatic N) is 1. The molecular formula is C12H12N2O2S.